The van der Waals surface area contributed by atoms with Crippen LogP contribution >= 0.6 is 11.6 Å². The molecule has 1 aromatic carbocycles. The molecule has 3 unspecified atom stereocenters. The summed E-state index contributed by atoms with van der Waals surface area (Å²) < 4.78 is 32.8. The molecule has 4 aliphatic carbocycles. The Hall–Kier alpha value is -3.19. The molecule has 2 bridgehead atoms. The molecule has 3 saturated carbocycles. The number of nitrogens with one attached hydrogen (secondary N) is 2. The Balaban J connectivity index is 1.15. The molecule has 0 saturated heterocycles. The van der Waals surface area contributed by atoms with E-state index in [0.29, 0.717) is 55.8 Å². The molecule has 2 N–H and O–H groups in total. The average Bonchev–Trinajstić information content (AvgIpc) is 3.96. The summed E-state index contributed by atoms with van der Waals surface area (Å²) in [5, 5.41) is 3.62. The molecule has 6 aliphatic rings. The lowest BCUT2D eigenvalue weighted by molar-refractivity contribution is 0.0201. The van der Waals surface area contributed by atoms with Gasteiger partial charge >= 0.3 is 11.9 Å². The topological polar surface area (TPSA) is 122 Å². The number of amides is 3. The van der Waals surface area contributed by atoms with E-state index in [4.69, 9.17) is 30.8 Å². The fraction of sp³-hybridized carbons (Fsp3) is 0.595. The monoisotopic (exact) mass is 723 g/mol. The lowest BCUT2D eigenvalue weighted by atomic mass is 9.70. The van der Waals surface area contributed by atoms with Gasteiger partial charge in [0.1, 0.15) is 16.7 Å². The molecule has 3 amide bonds. The maximum atomic E-state index is 14.3. The van der Waals surface area contributed by atoms with Crippen LogP contribution in [0.5, 0.6) is 5.75 Å². The molecule has 13 heteroatoms. The Kier molecular flexibility index (Phi) is 8.89. The number of hydrogen-bond donors (Lipinski definition) is 2. The van der Waals surface area contributed by atoms with Crippen LogP contribution in [0.2, 0.25) is 5.02 Å². The molecule has 11 nitrogen and oxygen atoms in total. The van der Waals surface area contributed by atoms with Crippen molar-refractivity contribution in [2.45, 2.75) is 75.5 Å². The molecule has 8 rings (SSSR count). The SMILES string of the molecule is COC1CC(NC(=O)NN2C(=O)c3ccc4c(n3)N(CC35CC3[C@H]5[C@@H](OC)/C=C/C[C@H](C)CS2=O)C[C@@]2(CCCc3cc(Cl)ccc32)CO4)C1. The van der Waals surface area contributed by atoms with Crippen LogP contribution in [0.15, 0.2) is 42.5 Å². The number of methoxy groups -OCH3 is 2. The summed E-state index contributed by atoms with van der Waals surface area (Å²) in [6.07, 6.45) is 10.4. The van der Waals surface area contributed by atoms with Gasteiger partial charge in [-0.3, -0.25) is 4.79 Å². The predicted octanol–water partition coefficient (Wildman–Crippen LogP) is 4.95. The first-order valence-corrected chi connectivity index (χ1v) is 19.5. The van der Waals surface area contributed by atoms with Gasteiger partial charge in [0.2, 0.25) is 0 Å². The van der Waals surface area contributed by atoms with Gasteiger partial charge in [-0.25, -0.2) is 19.4 Å². The fourth-order valence-electron chi connectivity index (χ4n) is 9.00. The molecule has 0 radical (unpaired) electrons. The number of benzene rings is 1. The van der Waals surface area contributed by atoms with Crippen molar-refractivity contribution in [2.75, 3.05) is 44.6 Å². The molecule has 2 spiro atoms. The largest absolute Gasteiger partial charge is 0.489 e. The molecular formula is C37H46ClN5O6S. The number of anilines is 1. The van der Waals surface area contributed by atoms with Gasteiger partial charge in [0.15, 0.2) is 11.6 Å². The summed E-state index contributed by atoms with van der Waals surface area (Å²) in [5.41, 5.74) is 5.03. The van der Waals surface area contributed by atoms with Crippen molar-refractivity contribution in [1.29, 1.82) is 0 Å². The number of allylic oxidation sites excluding steroid dienone is 1. The quantitative estimate of drug-likeness (QED) is 0.425. The first-order chi connectivity index (χ1) is 24.1. The van der Waals surface area contributed by atoms with Crippen molar-refractivity contribution in [3.8, 4) is 5.75 Å². The van der Waals surface area contributed by atoms with E-state index >= 15 is 0 Å². The highest BCUT2D eigenvalue weighted by Crippen LogP contribution is 2.81. The van der Waals surface area contributed by atoms with Crippen molar-refractivity contribution in [3.63, 3.8) is 0 Å². The lowest BCUT2D eigenvalue weighted by Gasteiger charge is -2.41. The van der Waals surface area contributed by atoms with Gasteiger partial charge < -0.3 is 24.4 Å². The Morgan fingerprint density at radius 2 is 2.00 bits per heavy atom. The molecular weight excluding hydrogens is 678 g/mol. The average molecular weight is 724 g/mol. The third-order valence-corrected chi connectivity index (χ3v) is 13.8. The van der Waals surface area contributed by atoms with Crippen LogP contribution < -0.4 is 20.4 Å². The maximum Gasteiger partial charge on any atom is 0.334 e. The minimum Gasteiger partial charge on any atom is -0.489 e. The normalized spacial score (nSPS) is 36.5. The van der Waals surface area contributed by atoms with Gasteiger partial charge in [-0.1, -0.05) is 36.7 Å². The number of aromatic nitrogens is 1. The van der Waals surface area contributed by atoms with Crippen LogP contribution in [-0.4, -0.2) is 83.5 Å². The second kappa shape index (κ2) is 13.1. The number of nitrogens with zero attached hydrogens (tertiary/aromatic N) is 3. The van der Waals surface area contributed by atoms with Gasteiger partial charge in [0, 0.05) is 49.5 Å². The van der Waals surface area contributed by atoms with Crippen molar-refractivity contribution < 1.29 is 28.0 Å². The molecule has 1 aromatic heterocycles. The summed E-state index contributed by atoms with van der Waals surface area (Å²) in [6, 6.07) is 8.94. The zero-order chi connectivity index (χ0) is 34.8. The zero-order valence-corrected chi connectivity index (χ0v) is 30.4. The first-order valence-electron chi connectivity index (χ1n) is 17.8. The number of hydrogen-bond acceptors (Lipinski definition) is 8. The van der Waals surface area contributed by atoms with Crippen molar-refractivity contribution in [3.05, 3.63) is 64.3 Å². The van der Waals surface area contributed by atoms with Crippen LogP contribution in [0.25, 0.3) is 0 Å². The second-order valence-corrected chi connectivity index (χ2v) is 17.1. The molecule has 2 aliphatic heterocycles. The number of ether oxygens (including phenoxy) is 3. The van der Waals surface area contributed by atoms with E-state index in [1.54, 1.807) is 26.4 Å². The number of pyridine rings is 1. The standard InChI is InChI=1S/C37H46ClN5O6S/c1-22-6-4-8-30(48-3)32-28-17-37(28,32)20-42-19-36(13-5-7-23-14-24(38)9-10-27(23)36)21-49-31-12-11-29(40-33(31)42)34(44)43(50(46)18-22)41-35(45)39-25-15-26(16-25)47-2/h4,8-12,14,22,25-26,28,30,32H,5-7,13,15-21H2,1-3H3,(H2,39,41,45)/b8-4+/t22-,25?,26?,28?,30-,32-,36-,37?,50?/m0/s1. The minimum atomic E-state index is -1.87. The van der Waals surface area contributed by atoms with Gasteiger partial charge in [-0.15, -0.1) is 0 Å². The highest BCUT2D eigenvalue weighted by Gasteiger charge is 2.80. The van der Waals surface area contributed by atoms with Crippen LogP contribution in [0.3, 0.4) is 0 Å². The fourth-order valence-corrected chi connectivity index (χ4v) is 10.4. The van der Waals surface area contributed by atoms with E-state index in [9.17, 15) is 13.8 Å². The smallest absolute Gasteiger partial charge is 0.334 e. The Labute approximate surface area is 301 Å². The molecule has 50 heavy (non-hydrogen) atoms. The second-order valence-electron chi connectivity index (χ2n) is 15.3. The number of rotatable bonds is 4. The van der Waals surface area contributed by atoms with E-state index in [0.717, 1.165) is 41.7 Å². The summed E-state index contributed by atoms with van der Waals surface area (Å²) >= 11 is 6.46. The Morgan fingerprint density at radius 1 is 1.16 bits per heavy atom. The Morgan fingerprint density at radius 3 is 2.78 bits per heavy atom. The van der Waals surface area contributed by atoms with Crippen LogP contribution in [-0.2, 0) is 32.3 Å². The van der Waals surface area contributed by atoms with Crippen molar-refractivity contribution in [1.82, 2.24) is 20.1 Å². The minimum absolute atomic E-state index is 0.0134. The van der Waals surface area contributed by atoms with Gasteiger partial charge in [0.05, 0.1) is 18.8 Å². The molecule has 268 valence electrons. The highest BCUT2D eigenvalue weighted by atomic mass is 35.5. The lowest BCUT2D eigenvalue weighted by Crippen LogP contribution is -2.56. The maximum absolute atomic E-state index is 14.3. The Bertz CT molecular complexity index is 1740. The van der Waals surface area contributed by atoms with E-state index in [-0.39, 0.29) is 46.4 Å². The van der Waals surface area contributed by atoms with Gasteiger partial charge in [-0.05, 0) is 104 Å². The molecule has 7 atom stereocenters. The number of urea groups is 1. The molecule has 3 heterocycles. The summed E-state index contributed by atoms with van der Waals surface area (Å²) in [7, 11) is 1.55. The van der Waals surface area contributed by atoms with Crippen molar-refractivity contribution >= 4 is 40.3 Å². The van der Waals surface area contributed by atoms with Crippen LogP contribution in [0.4, 0.5) is 10.6 Å². The van der Waals surface area contributed by atoms with Gasteiger partial charge in [-0.2, -0.15) is 4.41 Å². The summed E-state index contributed by atoms with van der Waals surface area (Å²) in [6.45, 7) is 3.91. The third kappa shape index (κ3) is 6.09. The third-order valence-electron chi connectivity index (χ3n) is 12.0. The van der Waals surface area contributed by atoms with E-state index in [2.05, 4.69) is 39.9 Å². The van der Waals surface area contributed by atoms with E-state index < -0.39 is 22.9 Å². The number of carbonyl (C=O) groups is 2. The number of halogens is 1. The summed E-state index contributed by atoms with van der Waals surface area (Å²) in [5.74, 6) is 1.69. The van der Waals surface area contributed by atoms with Gasteiger partial charge in [0.25, 0.3) is 0 Å². The van der Waals surface area contributed by atoms with E-state index in [1.165, 1.54) is 11.1 Å². The first kappa shape index (κ1) is 33.9. The zero-order valence-electron chi connectivity index (χ0n) is 28.9. The highest BCUT2D eigenvalue weighted by molar-refractivity contribution is 7.83. The molecule has 3 fully saturated rings. The number of carbonyl (C=O) groups excluding carboxylic acids is 2. The van der Waals surface area contributed by atoms with E-state index in [1.807, 2.05) is 13.0 Å². The number of fused-ring (bicyclic) bond motifs is 4. The molecule has 2 aromatic rings. The predicted molar refractivity (Wildman–Crippen MR) is 190 cm³/mol. The summed E-state index contributed by atoms with van der Waals surface area (Å²) in [4.78, 5) is 34.7. The van der Waals surface area contributed by atoms with Crippen molar-refractivity contribution in [2.24, 2.45) is 23.2 Å². The van der Waals surface area contributed by atoms with Crippen LogP contribution in [0.1, 0.15) is 67.1 Å². The van der Waals surface area contributed by atoms with Crippen LogP contribution in [0, 0.1) is 23.2 Å². The number of aryl methyl sites for hydroxylation is 1. The number of hydrazine groups is 1.